The molecular weight excluding hydrogens is 235 g/mol. The van der Waals surface area contributed by atoms with E-state index in [2.05, 4.69) is 0 Å². The second-order valence-electron chi connectivity index (χ2n) is 3.98. The van der Waals surface area contributed by atoms with Gasteiger partial charge in [0, 0.05) is 31.8 Å². The van der Waals surface area contributed by atoms with E-state index in [4.69, 9.17) is 10.5 Å². The summed E-state index contributed by atoms with van der Waals surface area (Å²) in [5.74, 6) is 0.492. The van der Waals surface area contributed by atoms with Gasteiger partial charge in [0.05, 0.1) is 6.33 Å². The Morgan fingerprint density at radius 2 is 2.00 bits per heavy atom. The number of hydrogen-bond acceptors (Lipinski definition) is 3. The first kappa shape index (κ1) is 14.2. The number of nitrogens with zero attached hydrogens (tertiary/aromatic N) is 1. The number of nitrogens with two attached hydrogens (primary N) is 1. The van der Waals surface area contributed by atoms with E-state index in [1.165, 1.54) is 4.90 Å². The zero-order valence-electron chi connectivity index (χ0n) is 10.5. The zero-order chi connectivity index (χ0) is 13.5. The lowest BCUT2D eigenvalue weighted by molar-refractivity contribution is 0.0827. The summed E-state index contributed by atoms with van der Waals surface area (Å²) in [7, 11) is 3.37. The predicted molar refractivity (Wildman–Crippen MR) is 68.2 cm³/mol. The van der Waals surface area contributed by atoms with Crippen molar-refractivity contribution in [3.05, 3.63) is 41.7 Å². The van der Waals surface area contributed by atoms with E-state index >= 15 is 0 Å². The second-order valence-corrected chi connectivity index (χ2v) is 3.98. The number of carbonyl (C=O) groups excluding carboxylic acids is 1. The lowest BCUT2D eigenvalue weighted by atomic mass is 10.2. The zero-order valence-corrected chi connectivity index (χ0v) is 10.5. The van der Waals surface area contributed by atoms with E-state index in [1.807, 2.05) is 0 Å². The molecule has 0 radical (unpaired) electrons. The number of amides is 1. The molecule has 0 heterocycles. The van der Waals surface area contributed by atoms with Crippen LogP contribution in [0.3, 0.4) is 0 Å². The first-order valence-electron chi connectivity index (χ1n) is 5.51. The Morgan fingerprint density at radius 3 is 2.44 bits per heavy atom. The molecule has 0 saturated heterocycles. The van der Waals surface area contributed by atoms with Gasteiger partial charge in [-0.15, -0.1) is 0 Å². The van der Waals surface area contributed by atoms with Gasteiger partial charge in [-0.3, -0.25) is 4.79 Å². The minimum absolute atomic E-state index is 0.0761. The molecule has 0 aromatic heterocycles. The van der Waals surface area contributed by atoms with Gasteiger partial charge in [-0.2, -0.15) is 0 Å². The van der Waals surface area contributed by atoms with Crippen LogP contribution in [0.25, 0.3) is 0 Å². The number of rotatable bonds is 5. The largest absolute Gasteiger partial charge is 0.489 e. The van der Waals surface area contributed by atoms with E-state index in [-0.39, 0.29) is 19.1 Å². The summed E-state index contributed by atoms with van der Waals surface area (Å²) in [6.45, 7) is 0.224. The molecule has 5 heteroatoms. The van der Waals surface area contributed by atoms with Crippen molar-refractivity contribution >= 4 is 5.91 Å². The molecule has 0 aliphatic carbocycles. The first-order valence-corrected chi connectivity index (χ1v) is 5.51. The van der Waals surface area contributed by atoms with Gasteiger partial charge in [-0.25, -0.2) is 4.39 Å². The van der Waals surface area contributed by atoms with E-state index < -0.39 is 0 Å². The Hall–Kier alpha value is -1.88. The van der Waals surface area contributed by atoms with Gasteiger partial charge in [0.2, 0.25) is 0 Å². The van der Waals surface area contributed by atoms with Crippen molar-refractivity contribution in [3.63, 3.8) is 0 Å². The molecule has 0 atom stereocenters. The molecule has 4 nitrogen and oxygen atoms in total. The van der Waals surface area contributed by atoms with Crippen molar-refractivity contribution in [1.82, 2.24) is 4.90 Å². The fourth-order valence-corrected chi connectivity index (χ4v) is 1.26. The monoisotopic (exact) mass is 252 g/mol. The van der Waals surface area contributed by atoms with Crippen LogP contribution in [0.5, 0.6) is 5.75 Å². The summed E-state index contributed by atoms with van der Waals surface area (Å²) >= 11 is 0. The van der Waals surface area contributed by atoms with Crippen molar-refractivity contribution in [2.75, 3.05) is 27.2 Å². The second kappa shape index (κ2) is 6.76. The lowest BCUT2D eigenvalue weighted by Crippen LogP contribution is -2.21. The molecule has 18 heavy (non-hydrogen) atoms. The van der Waals surface area contributed by atoms with Crippen LogP contribution < -0.4 is 10.5 Å². The molecule has 0 spiro atoms. The summed E-state index contributed by atoms with van der Waals surface area (Å²) in [4.78, 5) is 13.1. The minimum Gasteiger partial charge on any atom is -0.489 e. The Balaban J connectivity index is 2.63. The molecule has 0 unspecified atom stereocenters. The summed E-state index contributed by atoms with van der Waals surface area (Å²) < 4.78 is 17.6. The van der Waals surface area contributed by atoms with Gasteiger partial charge >= 0.3 is 0 Å². The van der Waals surface area contributed by atoms with Gasteiger partial charge in [-0.05, 0) is 24.3 Å². The predicted octanol–water partition coefficient (Wildman–Crippen LogP) is 1.58. The highest BCUT2D eigenvalue weighted by Gasteiger charge is 2.07. The molecule has 98 valence electrons. The number of benzene rings is 1. The van der Waals surface area contributed by atoms with Crippen molar-refractivity contribution in [2.24, 2.45) is 5.73 Å². The van der Waals surface area contributed by atoms with Crippen LogP contribution in [0.2, 0.25) is 0 Å². The third kappa shape index (κ3) is 3.85. The van der Waals surface area contributed by atoms with E-state index in [9.17, 15) is 9.18 Å². The number of hydrogen-bond donors (Lipinski definition) is 1. The molecule has 0 saturated carbocycles. The number of carbonyl (C=O) groups is 1. The first-order chi connectivity index (χ1) is 8.58. The highest BCUT2D eigenvalue weighted by Crippen LogP contribution is 2.14. The fraction of sp³-hybridized carbons (Fsp3) is 0.308. The quantitative estimate of drug-likeness (QED) is 0.865. The normalized spacial score (nSPS) is 11.2. The average molecular weight is 252 g/mol. The third-order valence-electron chi connectivity index (χ3n) is 2.35. The molecule has 1 rings (SSSR count). The van der Waals surface area contributed by atoms with Crippen LogP contribution in [-0.2, 0) is 0 Å². The van der Waals surface area contributed by atoms with Crippen LogP contribution in [0.15, 0.2) is 36.2 Å². The van der Waals surface area contributed by atoms with E-state index in [0.29, 0.717) is 23.2 Å². The van der Waals surface area contributed by atoms with Gasteiger partial charge in [0.25, 0.3) is 5.91 Å². The van der Waals surface area contributed by atoms with E-state index in [0.717, 1.165) is 0 Å². The molecule has 1 aromatic rings. The highest BCUT2D eigenvalue weighted by atomic mass is 19.1. The van der Waals surface area contributed by atoms with Crippen LogP contribution in [0.4, 0.5) is 4.39 Å². The van der Waals surface area contributed by atoms with Crippen LogP contribution in [0, 0.1) is 0 Å². The molecule has 2 N–H and O–H groups in total. The molecule has 0 aliphatic rings. The average Bonchev–Trinajstić information content (AvgIpc) is 2.39. The van der Waals surface area contributed by atoms with Gasteiger partial charge in [0.1, 0.15) is 12.4 Å². The maximum Gasteiger partial charge on any atom is 0.253 e. The maximum absolute atomic E-state index is 12.2. The summed E-state index contributed by atoms with van der Waals surface area (Å²) in [5.41, 5.74) is 6.26. The molecule has 0 fully saturated rings. The molecule has 1 amide bonds. The van der Waals surface area contributed by atoms with Crippen molar-refractivity contribution in [1.29, 1.82) is 0 Å². The smallest absolute Gasteiger partial charge is 0.253 e. The van der Waals surface area contributed by atoms with Crippen LogP contribution in [0.1, 0.15) is 10.4 Å². The SMILES string of the molecule is CN(C)C(=O)c1ccc(OCC(=CF)CN)cc1. The fourth-order valence-electron chi connectivity index (χ4n) is 1.26. The Bertz CT molecular complexity index is 427. The van der Waals surface area contributed by atoms with Crippen LogP contribution >= 0.6 is 0 Å². The van der Waals surface area contributed by atoms with Crippen LogP contribution in [-0.4, -0.2) is 38.1 Å². The Morgan fingerprint density at radius 1 is 1.39 bits per heavy atom. The standard InChI is InChI=1S/C13H17FN2O2/c1-16(2)13(17)11-3-5-12(6-4-11)18-9-10(7-14)8-15/h3-7H,8-9,15H2,1-2H3. The molecule has 0 aliphatic heterocycles. The summed E-state index contributed by atoms with van der Waals surface area (Å²) in [6, 6.07) is 6.67. The van der Waals surface area contributed by atoms with Gasteiger partial charge < -0.3 is 15.4 Å². The Kier molecular flexibility index (Phi) is 5.32. The van der Waals surface area contributed by atoms with Gasteiger partial charge in [-0.1, -0.05) is 0 Å². The molecular formula is C13H17FN2O2. The number of halogens is 1. The van der Waals surface area contributed by atoms with Gasteiger partial charge in [0.15, 0.2) is 0 Å². The lowest BCUT2D eigenvalue weighted by Gasteiger charge is -2.11. The molecule has 0 bridgehead atoms. The number of ether oxygens (including phenoxy) is 1. The minimum atomic E-state index is -0.0761. The topological polar surface area (TPSA) is 55.6 Å². The van der Waals surface area contributed by atoms with Crippen molar-refractivity contribution in [2.45, 2.75) is 0 Å². The highest BCUT2D eigenvalue weighted by molar-refractivity contribution is 5.93. The summed E-state index contributed by atoms with van der Waals surface area (Å²) in [6.07, 6.45) is 0.448. The van der Waals surface area contributed by atoms with E-state index in [1.54, 1.807) is 38.4 Å². The summed E-state index contributed by atoms with van der Waals surface area (Å²) in [5, 5.41) is 0. The van der Waals surface area contributed by atoms with Crippen molar-refractivity contribution in [3.8, 4) is 5.75 Å². The Labute approximate surface area is 106 Å². The maximum atomic E-state index is 12.2. The third-order valence-corrected chi connectivity index (χ3v) is 2.35. The molecule has 1 aromatic carbocycles. The van der Waals surface area contributed by atoms with Crippen molar-refractivity contribution < 1.29 is 13.9 Å².